The maximum atomic E-state index is 12.2. The Bertz CT molecular complexity index is 721. The minimum Gasteiger partial charge on any atom is -0.508 e. The molecule has 0 aromatic heterocycles. The maximum Gasteiger partial charge on any atom is 0.471 e. The molecular weight excluding hydrogens is 391 g/mol. The van der Waals surface area contributed by atoms with Crippen LogP contribution in [0.15, 0.2) is 23.1 Å². The van der Waals surface area contributed by atoms with Gasteiger partial charge in [0, 0.05) is 13.2 Å². The lowest BCUT2D eigenvalue weighted by Crippen LogP contribution is -2.38. The molecule has 0 unspecified atom stereocenters. The number of sulfone groups is 1. The number of hydrogen-bond donors (Lipinski definition) is 2. The van der Waals surface area contributed by atoms with Crippen LogP contribution in [0.1, 0.15) is 12.0 Å². The van der Waals surface area contributed by atoms with Crippen molar-refractivity contribution in [3.63, 3.8) is 0 Å². The summed E-state index contributed by atoms with van der Waals surface area (Å²) in [5.74, 6) is -2.12. The van der Waals surface area contributed by atoms with E-state index in [-0.39, 0.29) is 55.8 Å². The number of hydrogen-bond acceptors (Lipinski definition) is 6. The van der Waals surface area contributed by atoms with Gasteiger partial charge in [-0.25, -0.2) is 8.42 Å². The summed E-state index contributed by atoms with van der Waals surface area (Å²) in [6.07, 6.45) is -4.66. The minimum atomic E-state index is -4.91. The van der Waals surface area contributed by atoms with E-state index in [4.69, 9.17) is 9.47 Å². The van der Waals surface area contributed by atoms with E-state index >= 15 is 0 Å². The second-order valence-corrected chi connectivity index (χ2v) is 7.71. The van der Waals surface area contributed by atoms with Gasteiger partial charge >= 0.3 is 12.1 Å². The van der Waals surface area contributed by atoms with Gasteiger partial charge in [-0.2, -0.15) is 13.2 Å². The van der Waals surface area contributed by atoms with Crippen molar-refractivity contribution in [2.45, 2.75) is 24.4 Å². The van der Waals surface area contributed by atoms with Crippen LogP contribution in [-0.4, -0.2) is 64.3 Å². The SMILES string of the molecule is Cc1cc(S(=O)(=O)CCCOCCOCCNC(=O)C(F)(F)F)ccc1O. The van der Waals surface area contributed by atoms with E-state index in [2.05, 4.69) is 0 Å². The number of aryl methyl sites for hydroxylation is 1. The highest BCUT2D eigenvalue weighted by Gasteiger charge is 2.38. The van der Waals surface area contributed by atoms with Crippen LogP contribution >= 0.6 is 0 Å². The normalized spacial score (nSPS) is 12.1. The van der Waals surface area contributed by atoms with E-state index in [9.17, 15) is 31.5 Å². The van der Waals surface area contributed by atoms with Gasteiger partial charge < -0.3 is 19.9 Å². The lowest BCUT2D eigenvalue weighted by Gasteiger charge is -2.09. The first-order chi connectivity index (χ1) is 12.5. The van der Waals surface area contributed by atoms with E-state index in [1.807, 2.05) is 0 Å². The van der Waals surface area contributed by atoms with Gasteiger partial charge in [-0.1, -0.05) is 0 Å². The number of phenolic OH excluding ortho intramolecular Hbond substituents is 1. The van der Waals surface area contributed by atoms with Crippen LogP contribution in [0.3, 0.4) is 0 Å². The highest BCUT2D eigenvalue weighted by Crippen LogP contribution is 2.21. The Morgan fingerprint density at radius 3 is 2.37 bits per heavy atom. The largest absolute Gasteiger partial charge is 0.508 e. The van der Waals surface area contributed by atoms with Crippen LogP contribution < -0.4 is 5.32 Å². The van der Waals surface area contributed by atoms with Gasteiger partial charge in [0.25, 0.3) is 0 Å². The van der Waals surface area contributed by atoms with Gasteiger partial charge in [0.15, 0.2) is 9.84 Å². The molecule has 11 heteroatoms. The number of phenols is 1. The van der Waals surface area contributed by atoms with Crippen molar-refractivity contribution in [3.8, 4) is 5.75 Å². The number of rotatable bonds is 11. The van der Waals surface area contributed by atoms with E-state index in [1.165, 1.54) is 18.2 Å². The zero-order chi connectivity index (χ0) is 20.5. The number of nitrogens with one attached hydrogen (secondary N) is 1. The Morgan fingerprint density at radius 1 is 1.15 bits per heavy atom. The van der Waals surface area contributed by atoms with Crippen LogP contribution in [0, 0.1) is 6.92 Å². The quantitative estimate of drug-likeness (QED) is 0.534. The lowest BCUT2D eigenvalue weighted by atomic mass is 10.2. The van der Waals surface area contributed by atoms with E-state index in [0.717, 1.165) is 0 Å². The van der Waals surface area contributed by atoms with Gasteiger partial charge in [-0.05, 0) is 37.1 Å². The molecule has 1 aromatic rings. The molecule has 1 aromatic carbocycles. The Morgan fingerprint density at radius 2 is 1.78 bits per heavy atom. The molecule has 0 aliphatic heterocycles. The molecule has 1 rings (SSSR count). The number of ether oxygens (including phenoxy) is 2. The summed E-state index contributed by atoms with van der Waals surface area (Å²) in [5, 5.41) is 11.1. The molecule has 0 aliphatic carbocycles. The summed E-state index contributed by atoms with van der Waals surface area (Å²) in [6, 6.07) is 4.06. The fourth-order valence-electron chi connectivity index (χ4n) is 1.95. The average molecular weight is 413 g/mol. The number of halogens is 3. The smallest absolute Gasteiger partial charge is 0.471 e. The second-order valence-electron chi connectivity index (χ2n) is 5.60. The Balaban J connectivity index is 2.12. The Labute approximate surface area is 155 Å². The topological polar surface area (TPSA) is 102 Å². The summed E-state index contributed by atoms with van der Waals surface area (Å²) in [6.45, 7) is 1.65. The molecule has 0 saturated heterocycles. The summed E-state index contributed by atoms with van der Waals surface area (Å²) >= 11 is 0. The summed E-state index contributed by atoms with van der Waals surface area (Å²) in [7, 11) is -3.48. The third-order valence-electron chi connectivity index (χ3n) is 3.39. The Hall–Kier alpha value is -1.85. The molecule has 27 heavy (non-hydrogen) atoms. The van der Waals surface area contributed by atoms with E-state index in [0.29, 0.717) is 5.56 Å². The second kappa shape index (κ2) is 10.5. The van der Waals surface area contributed by atoms with Crippen molar-refractivity contribution in [2.24, 2.45) is 0 Å². The van der Waals surface area contributed by atoms with Gasteiger partial charge in [0.2, 0.25) is 0 Å². The fraction of sp³-hybridized carbons (Fsp3) is 0.562. The molecule has 0 fully saturated rings. The number of amides is 1. The molecule has 0 aliphatic rings. The first-order valence-corrected chi connectivity index (χ1v) is 9.72. The molecule has 7 nitrogen and oxygen atoms in total. The monoisotopic (exact) mass is 413 g/mol. The summed E-state index contributed by atoms with van der Waals surface area (Å²) in [4.78, 5) is 10.6. The first kappa shape index (κ1) is 23.2. The molecule has 2 N–H and O–H groups in total. The van der Waals surface area contributed by atoms with Crippen molar-refractivity contribution >= 4 is 15.7 Å². The maximum absolute atomic E-state index is 12.2. The third-order valence-corrected chi connectivity index (χ3v) is 5.19. The number of carbonyl (C=O) groups is 1. The van der Waals surface area contributed by atoms with Crippen molar-refractivity contribution in [1.29, 1.82) is 0 Å². The standard InChI is InChI=1S/C16H22F3NO6S/c1-12-11-13(3-4-14(12)21)27(23,24)10-2-6-25-8-9-26-7-5-20-15(22)16(17,18)19/h3-4,11,21H,2,5-10H2,1H3,(H,20,22). The van der Waals surface area contributed by atoms with Crippen molar-refractivity contribution < 1.29 is 41.0 Å². The fourth-order valence-corrected chi connectivity index (χ4v) is 3.31. The minimum absolute atomic E-state index is 0.0234. The van der Waals surface area contributed by atoms with Crippen LogP contribution in [0.4, 0.5) is 13.2 Å². The first-order valence-electron chi connectivity index (χ1n) is 8.07. The van der Waals surface area contributed by atoms with E-state index < -0.39 is 21.9 Å². The number of benzene rings is 1. The highest BCUT2D eigenvalue weighted by molar-refractivity contribution is 7.91. The molecule has 1 amide bonds. The number of carbonyl (C=O) groups excluding carboxylic acids is 1. The van der Waals surface area contributed by atoms with E-state index in [1.54, 1.807) is 12.2 Å². The zero-order valence-electron chi connectivity index (χ0n) is 14.7. The highest BCUT2D eigenvalue weighted by atomic mass is 32.2. The van der Waals surface area contributed by atoms with Gasteiger partial charge in [0.1, 0.15) is 5.75 Å². The Kier molecular flexibility index (Phi) is 9.00. The average Bonchev–Trinajstić information content (AvgIpc) is 2.57. The van der Waals surface area contributed by atoms with Crippen LogP contribution in [0.2, 0.25) is 0 Å². The molecule has 0 saturated carbocycles. The van der Waals surface area contributed by atoms with Gasteiger partial charge in [0.05, 0.1) is 30.5 Å². The lowest BCUT2D eigenvalue weighted by molar-refractivity contribution is -0.173. The molecule has 0 radical (unpaired) electrons. The summed E-state index contributed by atoms with van der Waals surface area (Å²) < 4.78 is 70.2. The van der Waals surface area contributed by atoms with Crippen molar-refractivity contribution in [3.05, 3.63) is 23.8 Å². The predicted octanol–water partition coefficient (Wildman–Crippen LogP) is 1.58. The van der Waals surface area contributed by atoms with Crippen LogP contribution in [-0.2, 0) is 24.1 Å². The molecule has 0 bridgehead atoms. The van der Waals surface area contributed by atoms with Crippen LogP contribution in [0.5, 0.6) is 5.75 Å². The third kappa shape index (κ3) is 8.59. The zero-order valence-corrected chi connectivity index (χ0v) is 15.5. The predicted molar refractivity (Wildman–Crippen MR) is 90.2 cm³/mol. The van der Waals surface area contributed by atoms with Crippen molar-refractivity contribution in [1.82, 2.24) is 5.32 Å². The number of alkyl halides is 3. The molecule has 0 spiro atoms. The van der Waals surface area contributed by atoms with Gasteiger partial charge in [-0.15, -0.1) is 0 Å². The van der Waals surface area contributed by atoms with Crippen molar-refractivity contribution in [2.75, 3.05) is 38.7 Å². The van der Waals surface area contributed by atoms with Gasteiger partial charge in [-0.3, -0.25) is 4.79 Å². The summed E-state index contributed by atoms with van der Waals surface area (Å²) in [5.41, 5.74) is 0.468. The molecule has 0 atom stereocenters. The number of aromatic hydroxyl groups is 1. The molecule has 154 valence electrons. The van der Waals surface area contributed by atoms with Crippen LogP contribution in [0.25, 0.3) is 0 Å². The molecular formula is C16H22F3NO6S. The molecule has 0 heterocycles.